The second kappa shape index (κ2) is 3.23. The van der Waals surface area contributed by atoms with Crippen LogP contribution in [0, 0.1) is 0 Å². The Hall–Kier alpha value is -1.28. The summed E-state index contributed by atoms with van der Waals surface area (Å²) in [5, 5.41) is 0. The first-order chi connectivity index (χ1) is 6.33. The fraction of sp³-hybridized carbons (Fsp3) is 0.273. The summed E-state index contributed by atoms with van der Waals surface area (Å²) in [4.78, 5) is 2.12. The van der Waals surface area contributed by atoms with Crippen molar-refractivity contribution in [1.29, 1.82) is 0 Å². The van der Waals surface area contributed by atoms with Crippen molar-refractivity contribution in [1.82, 2.24) is 0 Å². The van der Waals surface area contributed by atoms with Crippen LogP contribution < -0.4 is 4.90 Å². The van der Waals surface area contributed by atoms with Gasteiger partial charge in [-0.3, -0.25) is 0 Å². The first-order valence-electron chi connectivity index (χ1n) is 4.36. The van der Waals surface area contributed by atoms with Gasteiger partial charge in [-0.25, -0.2) is 0 Å². The second-order valence-corrected chi connectivity index (χ2v) is 3.16. The van der Waals surface area contributed by atoms with Crippen LogP contribution in [0.5, 0.6) is 0 Å². The third-order valence-corrected chi connectivity index (χ3v) is 2.38. The molecule has 0 aromatic heterocycles. The molecule has 0 unspecified atom stereocenters. The zero-order valence-corrected chi connectivity index (χ0v) is 7.90. The Morgan fingerprint density at radius 3 is 2.85 bits per heavy atom. The molecule has 68 valence electrons. The van der Waals surface area contributed by atoms with E-state index in [0.717, 1.165) is 0 Å². The molecule has 0 bridgehead atoms. The molecule has 2 rings (SSSR count). The summed E-state index contributed by atoms with van der Waals surface area (Å²) in [5.41, 5.74) is 2.47. The number of anilines is 1. The lowest BCUT2D eigenvalue weighted by molar-refractivity contribution is 0.141. The van der Waals surface area contributed by atoms with Gasteiger partial charge in [0.1, 0.15) is 6.23 Å². The maximum Gasteiger partial charge on any atom is 0.149 e. The summed E-state index contributed by atoms with van der Waals surface area (Å²) in [6.07, 6.45) is 4.22. The molecule has 1 heterocycles. The van der Waals surface area contributed by atoms with Crippen LogP contribution in [0.1, 0.15) is 5.56 Å². The molecule has 2 heteroatoms. The normalized spacial score (nSPS) is 20.2. The molecule has 1 aliphatic heterocycles. The van der Waals surface area contributed by atoms with Gasteiger partial charge in [0.15, 0.2) is 0 Å². The molecule has 13 heavy (non-hydrogen) atoms. The number of nitrogens with zero attached hydrogens (tertiary/aromatic N) is 1. The van der Waals surface area contributed by atoms with E-state index in [0.29, 0.717) is 0 Å². The van der Waals surface area contributed by atoms with E-state index in [1.807, 2.05) is 19.2 Å². The maximum absolute atomic E-state index is 5.30. The number of para-hydroxylation sites is 1. The summed E-state index contributed by atoms with van der Waals surface area (Å²) >= 11 is 0. The van der Waals surface area contributed by atoms with Crippen molar-refractivity contribution in [2.45, 2.75) is 6.23 Å². The molecule has 0 fully saturated rings. The summed E-state index contributed by atoms with van der Waals surface area (Å²) in [6, 6.07) is 8.30. The number of ether oxygens (including phenoxy) is 1. The average Bonchev–Trinajstić information content (AvgIpc) is 2.19. The highest BCUT2D eigenvalue weighted by atomic mass is 16.5. The third-order valence-electron chi connectivity index (χ3n) is 2.38. The second-order valence-electron chi connectivity index (χ2n) is 3.16. The molecule has 0 saturated heterocycles. The third kappa shape index (κ3) is 1.33. The van der Waals surface area contributed by atoms with Crippen LogP contribution in [0.3, 0.4) is 0 Å². The van der Waals surface area contributed by atoms with Crippen molar-refractivity contribution in [3.63, 3.8) is 0 Å². The standard InChI is InChI=1S/C11H13NO/c1-12-10-6-4-3-5-9(10)7-8-11(12)13-2/h3-8,11H,1-2H3/t11-/m1/s1. The van der Waals surface area contributed by atoms with E-state index in [4.69, 9.17) is 4.74 Å². The molecule has 0 aliphatic carbocycles. The molecular formula is C11H13NO. The Morgan fingerprint density at radius 1 is 1.31 bits per heavy atom. The van der Waals surface area contributed by atoms with Gasteiger partial charge < -0.3 is 9.64 Å². The van der Waals surface area contributed by atoms with Crippen molar-refractivity contribution < 1.29 is 4.74 Å². The predicted molar refractivity (Wildman–Crippen MR) is 54.7 cm³/mol. The molecule has 0 spiro atoms. The molecule has 0 radical (unpaired) electrons. The summed E-state index contributed by atoms with van der Waals surface area (Å²) in [6.45, 7) is 0. The smallest absolute Gasteiger partial charge is 0.149 e. The van der Waals surface area contributed by atoms with E-state index in [-0.39, 0.29) is 6.23 Å². The molecule has 0 N–H and O–H groups in total. The van der Waals surface area contributed by atoms with E-state index in [1.165, 1.54) is 11.3 Å². The van der Waals surface area contributed by atoms with Gasteiger partial charge in [0.25, 0.3) is 0 Å². The van der Waals surface area contributed by atoms with Crippen molar-refractivity contribution in [3.8, 4) is 0 Å². The maximum atomic E-state index is 5.30. The lowest BCUT2D eigenvalue weighted by atomic mass is 10.1. The Bertz CT molecular complexity index is 333. The monoisotopic (exact) mass is 175 g/mol. The SMILES string of the molecule is CO[C@@H]1C=Cc2ccccc2N1C. The fourth-order valence-electron chi connectivity index (χ4n) is 1.64. The molecule has 2 nitrogen and oxygen atoms in total. The van der Waals surface area contributed by atoms with Crippen molar-refractivity contribution in [2.75, 3.05) is 19.1 Å². The van der Waals surface area contributed by atoms with E-state index < -0.39 is 0 Å². The minimum atomic E-state index is 0.0647. The topological polar surface area (TPSA) is 12.5 Å². The Balaban J connectivity index is 2.42. The number of likely N-dealkylation sites (N-methyl/N-ethyl adjacent to an activating group) is 1. The number of hydrogen-bond acceptors (Lipinski definition) is 2. The van der Waals surface area contributed by atoms with Crippen molar-refractivity contribution in [2.24, 2.45) is 0 Å². The van der Waals surface area contributed by atoms with Crippen LogP contribution in [-0.4, -0.2) is 20.4 Å². The number of benzene rings is 1. The Labute approximate surface area is 78.4 Å². The molecule has 1 atom stereocenters. The molecule has 0 saturated carbocycles. The minimum absolute atomic E-state index is 0.0647. The first kappa shape index (κ1) is 8.32. The Kier molecular flexibility index (Phi) is 2.07. The molecule has 1 aliphatic rings. The largest absolute Gasteiger partial charge is 0.358 e. The van der Waals surface area contributed by atoms with Gasteiger partial charge in [-0.15, -0.1) is 0 Å². The van der Waals surface area contributed by atoms with E-state index in [9.17, 15) is 0 Å². The van der Waals surface area contributed by atoms with Crippen LogP contribution in [0.2, 0.25) is 0 Å². The fourth-order valence-corrected chi connectivity index (χ4v) is 1.64. The van der Waals surface area contributed by atoms with Gasteiger partial charge in [0.2, 0.25) is 0 Å². The van der Waals surface area contributed by atoms with Gasteiger partial charge in [-0.2, -0.15) is 0 Å². The van der Waals surface area contributed by atoms with Crippen molar-refractivity contribution >= 4 is 11.8 Å². The van der Waals surface area contributed by atoms with Crippen molar-refractivity contribution in [3.05, 3.63) is 35.9 Å². The number of fused-ring (bicyclic) bond motifs is 1. The summed E-state index contributed by atoms with van der Waals surface area (Å²) in [5.74, 6) is 0. The molecule has 0 amide bonds. The number of hydrogen-bond donors (Lipinski definition) is 0. The quantitative estimate of drug-likeness (QED) is 0.648. The summed E-state index contributed by atoms with van der Waals surface area (Å²) < 4.78 is 5.30. The van der Waals surface area contributed by atoms with Gasteiger partial charge in [0.05, 0.1) is 0 Å². The zero-order valence-electron chi connectivity index (χ0n) is 7.90. The van der Waals surface area contributed by atoms with Gasteiger partial charge in [-0.1, -0.05) is 24.3 Å². The molecule has 1 aromatic carbocycles. The number of rotatable bonds is 1. The van der Waals surface area contributed by atoms with Crippen LogP contribution in [0.15, 0.2) is 30.3 Å². The van der Waals surface area contributed by atoms with E-state index in [2.05, 4.69) is 29.2 Å². The van der Waals surface area contributed by atoms with Gasteiger partial charge >= 0.3 is 0 Å². The predicted octanol–water partition coefficient (Wildman–Crippen LogP) is 2.12. The Morgan fingerprint density at radius 2 is 2.08 bits per heavy atom. The molecule has 1 aromatic rings. The van der Waals surface area contributed by atoms with Gasteiger partial charge in [-0.05, 0) is 17.7 Å². The van der Waals surface area contributed by atoms with Crippen LogP contribution in [0.25, 0.3) is 6.08 Å². The van der Waals surface area contributed by atoms with Crippen LogP contribution in [-0.2, 0) is 4.74 Å². The zero-order chi connectivity index (χ0) is 9.26. The lowest BCUT2D eigenvalue weighted by Gasteiger charge is -2.30. The lowest BCUT2D eigenvalue weighted by Crippen LogP contribution is -2.33. The van der Waals surface area contributed by atoms with E-state index in [1.54, 1.807) is 7.11 Å². The highest BCUT2D eigenvalue weighted by molar-refractivity contribution is 5.71. The highest BCUT2D eigenvalue weighted by Crippen LogP contribution is 2.27. The van der Waals surface area contributed by atoms with Crippen LogP contribution >= 0.6 is 0 Å². The first-order valence-corrected chi connectivity index (χ1v) is 4.36. The highest BCUT2D eigenvalue weighted by Gasteiger charge is 2.16. The average molecular weight is 175 g/mol. The summed E-state index contributed by atoms with van der Waals surface area (Å²) in [7, 11) is 3.76. The van der Waals surface area contributed by atoms with E-state index >= 15 is 0 Å². The van der Waals surface area contributed by atoms with Crippen LogP contribution in [0.4, 0.5) is 5.69 Å². The van der Waals surface area contributed by atoms with Gasteiger partial charge in [0, 0.05) is 19.8 Å². The minimum Gasteiger partial charge on any atom is -0.358 e. The molecular weight excluding hydrogens is 162 g/mol. The number of methoxy groups -OCH3 is 1.